The van der Waals surface area contributed by atoms with Gasteiger partial charge in [-0.1, -0.05) is 12.2 Å². The summed E-state index contributed by atoms with van der Waals surface area (Å²) >= 11 is 0. The quantitative estimate of drug-likeness (QED) is 0.514. The predicted octanol–water partition coefficient (Wildman–Crippen LogP) is 1.42. The second-order valence-corrected chi connectivity index (χ2v) is 4.39. The van der Waals surface area contributed by atoms with Crippen LogP contribution in [0.4, 0.5) is 0 Å². The van der Waals surface area contributed by atoms with Crippen molar-refractivity contribution in [3.63, 3.8) is 0 Å². The first-order valence-electron chi connectivity index (χ1n) is 4.78. The lowest BCUT2D eigenvalue weighted by atomic mass is 9.83. The zero-order chi connectivity index (χ0) is 7.42. The smallest absolute Gasteiger partial charge is 0.00760 e. The van der Waals surface area contributed by atoms with E-state index in [-0.39, 0.29) is 0 Å². The molecule has 60 valence electrons. The van der Waals surface area contributed by atoms with E-state index in [0.717, 1.165) is 29.7 Å². The molecular weight excluding hydrogens is 134 g/mol. The number of hydrogen-bond acceptors (Lipinski definition) is 1. The van der Waals surface area contributed by atoms with Gasteiger partial charge in [0, 0.05) is 6.04 Å². The normalized spacial score (nSPS) is 58.8. The highest BCUT2D eigenvalue weighted by Gasteiger charge is 2.49. The van der Waals surface area contributed by atoms with Gasteiger partial charge in [0.25, 0.3) is 0 Å². The third kappa shape index (κ3) is 0.652. The van der Waals surface area contributed by atoms with Crippen LogP contribution in [0.3, 0.4) is 0 Å². The molecule has 2 aliphatic carbocycles. The number of allylic oxidation sites excluding steroid dienone is 2. The van der Waals surface area contributed by atoms with Crippen LogP contribution in [0.15, 0.2) is 12.2 Å². The lowest BCUT2D eigenvalue weighted by Crippen LogP contribution is -2.26. The van der Waals surface area contributed by atoms with Gasteiger partial charge in [0.05, 0.1) is 0 Å². The van der Waals surface area contributed by atoms with E-state index in [1.165, 1.54) is 13.0 Å². The largest absolute Gasteiger partial charge is 0.314 e. The van der Waals surface area contributed by atoms with Gasteiger partial charge in [0.1, 0.15) is 0 Å². The molecule has 0 amide bonds. The van der Waals surface area contributed by atoms with Crippen molar-refractivity contribution in [3.8, 4) is 0 Å². The Morgan fingerprint density at radius 3 is 2.91 bits per heavy atom. The average molecular weight is 149 g/mol. The zero-order valence-corrected chi connectivity index (χ0v) is 6.96. The Hall–Kier alpha value is -0.300. The van der Waals surface area contributed by atoms with Crippen molar-refractivity contribution >= 4 is 0 Å². The number of nitrogens with one attached hydrogen (secondary N) is 1. The van der Waals surface area contributed by atoms with Crippen molar-refractivity contribution in [2.75, 3.05) is 6.54 Å². The topological polar surface area (TPSA) is 12.0 Å². The fourth-order valence-electron chi connectivity index (χ4n) is 3.45. The Bertz CT molecular complexity index is 209. The second-order valence-electron chi connectivity index (χ2n) is 4.39. The molecule has 0 aromatic heterocycles. The van der Waals surface area contributed by atoms with Crippen LogP contribution in [0.5, 0.6) is 0 Å². The van der Waals surface area contributed by atoms with E-state index in [9.17, 15) is 0 Å². The van der Waals surface area contributed by atoms with Gasteiger partial charge in [-0.25, -0.2) is 0 Å². The van der Waals surface area contributed by atoms with Crippen LogP contribution in [0.25, 0.3) is 0 Å². The van der Waals surface area contributed by atoms with E-state index >= 15 is 0 Å². The predicted molar refractivity (Wildman–Crippen MR) is 45.2 cm³/mol. The molecule has 1 nitrogen and oxygen atoms in total. The van der Waals surface area contributed by atoms with E-state index in [1.807, 2.05) is 0 Å². The molecular formula is C10H15N. The standard InChI is InChI=1S/C10H15N/c1-6-10-8-3-2-7(4-8)9(10)5-11-6/h2-3,6-11H,4-5H2,1H3. The van der Waals surface area contributed by atoms with Gasteiger partial charge in [0.2, 0.25) is 0 Å². The Kier molecular flexibility index (Phi) is 1.07. The summed E-state index contributed by atoms with van der Waals surface area (Å²) in [6, 6.07) is 0.778. The van der Waals surface area contributed by atoms with E-state index < -0.39 is 0 Å². The molecule has 0 spiro atoms. The van der Waals surface area contributed by atoms with Crippen molar-refractivity contribution in [2.45, 2.75) is 19.4 Å². The first-order chi connectivity index (χ1) is 5.36. The van der Waals surface area contributed by atoms with Crippen LogP contribution in [0.2, 0.25) is 0 Å². The van der Waals surface area contributed by atoms with Crippen LogP contribution in [0, 0.1) is 23.7 Å². The van der Waals surface area contributed by atoms with Crippen molar-refractivity contribution < 1.29 is 0 Å². The molecule has 11 heavy (non-hydrogen) atoms. The van der Waals surface area contributed by atoms with Gasteiger partial charge in [-0.3, -0.25) is 0 Å². The van der Waals surface area contributed by atoms with Crippen LogP contribution in [-0.4, -0.2) is 12.6 Å². The molecule has 5 atom stereocenters. The molecule has 1 saturated carbocycles. The van der Waals surface area contributed by atoms with Crippen LogP contribution >= 0.6 is 0 Å². The third-order valence-corrected chi connectivity index (χ3v) is 3.94. The van der Waals surface area contributed by atoms with E-state index in [1.54, 1.807) is 0 Å². The van der Waals surface area contributed by atoms with E-state index in [2.05, 4.69) is 24.4 Å². The maximum absolute atomic E-state index is 3.58. The maximum atomic E-state index is 3.58. The van der Waals surface area contributed by atoms with Crippen molar-refractivity contribution in [3.05, 3.63) is 12.2 Å². The molecule has 1 heterocycles. The van der Waals surface area contributed by atoms with Gasteiger partial charge in [0.15, 0.2) is 0 Å². The molecule has 1 aliphatic heterocycles. The summed E-state index contributed by atoms with van der Waals surface area (Å²) in [7, 11) is 0. The zero-order valence-electron chi connectivity index (χ0n) is 6.96. The molecule has 1 N–H and O–H groups in total. The minimum Gasteiger partial charge on any atom is -0.314 e. The van der Waals surface area contributed by atoms with Gasteiger partial charge < -0.3 is 5.32 Å². The molecule has 1 heteroatoms. The van der Waals surface area contributed by atoms with E-state index in [4.69, 9.17) is 0 Å². The number of hydrogen-bond donors (Lipinski definition) is 1. The van der Waals surface area contributed by atoms with Gasteiger partial charge in [-0.2, -0.15) is 0 Å². The monoisotopic (exact) mass is 149 g/mol. The molecule has 2 fully saturated rings. The fourth-order valence-corrected chi connectivity index (χ4v) is 3.45. The molecule has 1 saturated heterocycles. The minimum atomic E-state index is 0.778. The SMILES string of the molecule is CC1NCC2C3C=CC(C3)C12. The first kappa shape index (κ1) is 6.24. The van der Waals surface area contributed by atoms with Crippen molar-refractivity contribution in [1.29, 1.82) is 0 Å². The Labute approximate surface area is 67.9 Å². The van der Waals surface area contributed by atoms with Crippen molar-refractivity contribution in [1.82, 2.24) is 5.32 Å². The van der Waals surface area contributed by atoms with Crippen LogP contribution in [-0.2, 0) is 0 Å². The average Bonchev–Trinajstić information content (AvgIpc) is 2.60. The summed E-state index contributed by atoms with van der Waals surface area (Å²) in [5.41, 5.74) is 0. The third-order valence-electron chi connectivity index (χ3n) is 3.94. The summed E-state index contributed by atoms with van der Waals surface area (Å²) < 4.78 is 0. The van der Waals surface area contributed by atoms with Gasteiger partial charge >= 0.3 is 0 Å². The Morgan fingerprint density at radius 2 is 2.09 bits per heavy atom. The lowest BCUT2D eigenvalue weighted by molar-refractivity contribution is 0.351. The highest BCUT2D eigenvalue weighted by molar-refractivity contribution is 5.17. The highest BCUT2D eigenvalue weighted by atomic mass is 15.0. The Morgan fingerprint density at radius 1 is 1.27 bits per heavy atom. The first-order valence-corrected chi connectivity index (χ1v) is 4.78. The van der Waals surface area contributed by atoms with Crippen molar-refractivity contribution in [2.24, 2.45) is 23.7 Å². The number of rotatable bonds is 0. The van der Waals surface area contributed by atoms with E-state index in [0.29, 0.717) is 0 Å². The summed E-state index contributed by atoms with van der Waals surface area (Å²) in [5, 5.41) is 3.58. The molecule has 0 aromatic rings. The van der Waals surface area contributed by atoms with Crippen LogP contribution in [0.1, 0.15) is 13.3 Å². The maximum Gasteiger partial charge on any atom is 0.00760 e. The van der Waals surface area contributed by atoms with Crippen LogP contribution < -0.4 is 5.32 Å². The van der Waals surface area contributed by atoms with Gasteiger partial charge in [-0.05, 0) is 43.6 Å². The number of fused-ring (bicyclic) bond motifs is 5. The summed E-state index contributed by atoms with van der Waals surface area (Å²) in [4.78, 5) is 0. The highest BCUT2D eigenvalue weighted by Crippen LogP contribution is 2.51. The Balaban J connectivity index is 1.97. The summed E-state index contributed by atoms with van der Waals surface area (Å²) in [6.07, 6.45) is 6.36. The molecule has 2 bridgehead atoms. The minimum absolute atomic E-state index is 0.778. The molecule has 5 unspecified atom stereocenters. The lowest BCUT2D eigenvalue weighted by Gasteiger charge is -2.22. The molecule has 3 aliphatic rings. The summed E-state index contributed by atoms with van der Waals surface area (Å²) in [5.74, 6) is 3.82. The molecule has 0 aromatic carbocycles. The molecule has 3 rings (SSSR count). The fraction of sp³-hybridized carbons (Fsp3) is 0.800. The molecule has 0 radical (unpaired) electrons. The van der Waals surface area contributed by atoms with Gasteiger partial charge in [-0.15, -0.1) is 0 Å². The second kappa shape index (κ2) is 1.89. The summed E-state index contributed by atoms with van der Waals surface area (Å²) in [6.45, 7) is 3.62.